The Balaban J connectivity index is 1.32. The molecule has 1 saturated heterocycles. The highest BCUT2D eigenvalue weighted by molar-refractivity contribution is 7.90. The molecule has 1 fully saturated rings. The highest BCUT2D eigenvalue weighted by atomic mass is 32.2. The van der Waals surface area contributed by atoms with Gasteiger partial charge in [-0.2, -0.15) is 28.2 Å². The van der Waals surface area contributed by atoms with Gasteiger partial charge < -0.3 is 9.64 Å². The van der Waals surface area contributed by atoms with Crippen molar-refractivity contribution in [3.8, 4) is 5.75 Å². The fraction of sp³-hybridized carbons (Fsp3) is 0.400. The summed E-state index contributed by atoms with van der Waals surface area (Å²) in [6, 6.07) is 3.37. The standard InChI is InChI=1S/C20H20F4N6O3S/c1-34(31,32)16-2-3-18(17(21)8-16)33-12-14-11-27-30(28-14)15-4-6-29(7-5-15)19-25-9-13(10-26-19)20(22,23)24/h2-3,8-11,15H,4-7,12H2,1H3. The number of anilines is 1. The van der Waals surface area contributed by atoms with Crippen LogP contribution in [-0.2, 0) is 22.6 Å². The molecule has 1 aromatic carbocycles. The molecule has 182 valence electrons. The van der Waals surface area contributed by atoms with E-state index >= 15 is 0 Å². The summed E-state index contributed by atoms with van der Waals surface area (Å²) < 4.78 is 80.6. The fourth-order valence-electron chi connectivity index (χ4n) is 3.46. The molecule has 3 aromatic rings. The lowest BCUT2D eigenvalue weighted by Crippen LogP contribution is -2.36. The molecule has 2 aromatic heterocycles. The molecule has 0 bridgehead atoms. The molecule has 4 rings (SSSR count). The molecule has 0 atom stereocenters. The summed E-state index contributed by atoms with van der Waals surface area (Å²) in [6.07, 6.45) is 0.794. The number of piperidine rings is 1. The molecule has 0 N–H and O–H groups in total. The second kappa shape index (κ2) is 9.16. The number of hydrogen-bond donors (Lipinski definition) is 0. The number of hydrogen-bond acceptors (Lipinski definition) is 8. The molecule has 1 aliphatic rings. The molecule has 0 radical (unpaired) electrons. The van der Waals surface area contributed by atoms with Gasteiger partial charge in [0.15, 0.2) is 21.4 Å². The largest absolute Gasteiger partial charge is 0.484 e. The van der Waals surface area contributed by atoms with Crippen LogP contribution in [0.3, 0.4) is 0 Å². The Labute approximate surface area is 192 Å². The summed E-state index contributed by atoms with van der Waals surface area (Å²) in [7, 11) is -3.53. The predicted octanol–water partition coefficient (Wildman–Crippen LogP) is 3.05. The lowest BCUT2D eigenvalue weighted by molar-refractivity contribution is -0.138. The first-order valence-corrected chi connectivity index (χ1v) is 12.1. The van der Waals surface area contributed by atoms with Crippen molar-refractivity contribution in [3.05, 3.63) is 53.9 Å². The van der Waals surface area contributed by atoms with Gasteiger partial charge in [0.05, 0.1) is 22.7 Å². The normalized spacial score (nSPS) is 15.5. The number of aromatic nitrogens is 5. The first kappa shape index (κ1) is 23.9. The number of benzene rings is 1. The van der Waals surface area contributed by atoms with Gasteiger partial charge in [-0.25, -0.2) is 22.8 Å². The van der Waals surface area contributed by atoms with Crippen LogP contribution < -0.4 is 9.64 Å². The molecule has 3 heterocycles. The minimum atomic E-state index is -4.48. The Morgan fingerprint density at radius 1 is 1.12 bits per heavy atom. The first-order valence-electron chi connectivity index (χ1n) is 10.2. The molecular formula is C20H20F4N6O3S. The Hall–Kier alpha value is -3.29. The Morgan fingerprint density at radius 2 is 1.79 bits per heavy atom. The Kier molecular flexibility index (Phi) is 6.43. The van der Waals surface area contributed by atoms with E-state index in [0.717, 1.165) is 24.7 Å². The molecule has 34 heavy (non-hydrogen) atoms. The third-order valence-electron chi connectivity index (χ3n) is 5.30. The fourth-order valence-corrected chi connectivity index (χ4v) is 4.09. The number of halogens is 4. The molecular weight excluding hydrogens is 480 g/mol. The Morgan fingerprint density at radius 3 is 2.38 bits per heavy atom. The minimum absolute atomic E-state index is 0.0368. The smallest absolute Gasteiger partial charge is 0.419 e. The van der Waals surface area contributed by atoms with Crippen LogP contribution in [0.5, 0.6) is 5.75 Å². The highest BCUT2D eigenvalue weighted by Gasteiger charge is 2.32. The van der Waals surface area contributed by atoms with Gasteiger partial charge >= 0.3 is 6.18 Å². The van der Waals surface area contributed by atoms with E-state index in [1.807, 2.05) is 0 Å². The second-order valence-electron chi connectivity index (χ2n) is 7.80. The molecule has 0 spiro atoms. The zero-order valence-corrected chi connectivity index (χ0v) is 18.7. The monoisotopic (exact) mass is 500 g/mol. The first-order chi connectivity index (χ1) is 16.0. The van der Waals surface area contributed by atoms with Crippen molar-refractivity contribution >= 4 is 15.8 Å². The van der Waals surface area contributed by atoms with Gasteiger partial charge in [-0.3, -0.25) is 0 Å². The van der Waals surface area contributed by atoms with Crippen LogP contribution in [0, 0.1) is 5.82 Å². The van der Waals surface area contributed by atoms with E-state index in [1.54, 1.807) is 4.90 Å². The van der Waals surface area contributed by atoms with E-state index in [-0.39, 0.29) is 29.2 Å². The molecule has 0 amide bonds. The average molecular weight is 500 g/mol. The van der Waals surface area contributed by atoms with Crippen LogP contribution in [0.1, 0.15) is 30.1 Å². The van der Waals surface area contributed by atoms with Gasteiger partial charge in [0.1, 0.15) is 12.3 Å². The molecule has 9 nitrogen and oxygen atoms in total. The number of ether oxygens (including phenoxy) is 1. The summed E-state index contributed by atoms with van der Waals surface area (Å²) in [6.45, 7) is 0.968. The van der Waals surface area contributed by atoms with Gasteiger partial charge in [-0.15, -0.1) is 0 Å². The van der Waals surface area contributed by atoms with Gasteiger partial charge in [0.25, 0.3) is 0 Å². The SMILES string of the molecule is CS(=O)(=O)c1ccc(OCc2cnn(C3CCN(c4ncc(C(F)(F)F)cn4)CC3)n2)c(F)c1. The summed E-state index contributed by atoms with van der Waals surface area (Å²) in [5, 5.41) is 8.59. The minimum Gasteiger partial charge on any atom is -0.484 e. The van der Waals surface area contributed by atoms with E-state index in [0.29, 0.717) is 31.6 Å². The van der Waals surface area contributed by atoms with E-state index in [4.69, 9.17) is 4.74 Å². The van der Waals surface area contributed by atoms with Crippen LogP contribution in [-0.4, -0.2) is 52.7 Å². The van der Waals surface area contributed by atoms with Crippen molar-refractivity contribution in [1.29, 1.82) is 0 Å². The molecule has 14 heteroatoms. The predicted molar refractivity (Wildman–Crippen MR) is 111 cm³/mol. The molecule has 0 saturated carbocycles. The maximum absolute atomic E-state index is 14.1. The number of alkyl halides is 3. The topological polar surface area (TPSA) is 103 Å². The van der Waals surface area contributed by atoms with Gasteiger partial charge in [0.2, 0.25) is 5.95 Å². The summed E-state index contributed by atoms with van der Waals surface area (Å²) in [5.74, 6) is -0.669. The van der Waals surface area contributed by atoms with Crippen LogP contribution in [0.15, 0.2) is 41.7 Å². The maximum atomic E-state index is 14.1. The summed E-state index contributed by atoms with van der Waals surface area (Å²) >= 11 is 0. The summed E-state index contributed by atoms with van der Waals surface area (Å²) in [4.78, 5) is 10.8. The highest BCUT2D eigenvalue weighted by Crippen LogP contribution is 2.29. The zero-order valence-electron chi connectivity index (χ0n) is 17.9. The van der Waals surface area contributed by atoms with Gasteiger partial charge in [-0.05, 0) is 31.0 Å². The molecule has 1 aliphatic heterocycles. The lowest BCUT2D eigenvalue weighted by Gasteiger charge is -2.31. The van der Waals surface area contributed by atoms with E-state index in [1.165, 1.54) is 23.1 Å². The van der Waals surface area contributed by atoms with Crippen molar-refractivity contribution < 1.29 is 30.7 Å². The van der Waals surface area contributed by atoms with E-state index in [2.05, 4.69) is 20.2 Å². The van der Waals surface area contributed by atoms with Gasteiger partial charge in [-0.1, -0.05) is 0 Å². The Bertz CT molecular complexity index is 1260. The van der Waals surface area contributed by atoms with Crippen molar-refractivity contribution in [1.82, 2.24) is 25.0 Å². The second-order valence-corrected chi connectivity index (χ2v) is 9.81. The zero-order chi connectivity index (χ0) is 24.5. The average Bonchev–Trinajstić information content (AvgIpc) is 3.26. The van der Waals surface area contributed by atoms with Crippen molar-refractivity contribution in [3.63, 3.8) is 0 Å². The van der Waals surface area contributed by atoms with Crippen LogP contribution in [0.4, 0.5) is 23.5 Å². The molecule has 0 unspecified atom stereocenters. The maximum Gasteiger partial charge on any atom is 0.419 e. The van der Waals surface area contributed by atoms with Crippen molar-refractivity contribution in [2.75, 3.05) is 24.2 Å². The van der Waals surface area contributed by atoms with Crippen LogP contribution in [0.25, 0.3) is 0 Å². The third kappa shape index (κ3) is 5.43. The van der Waals surface area contributed by atoms with Crippen LogP contribution in [0.2, 0.25) is 0 Å². The quantitative estimate of drug-likeness (QED) is 0.476. The third-order valence-corrected chi connectivity index (χ3v) is 6.41. The lowest BCUT2D eigenvalue weighted by atomic mass is 10.1. The summed E-state index contributed by atoms with van der Waals surface area (Å²) in [5.41, 5.74) is -0.437. The molecule has 0 aliphatic carbocycles. The van der Waals surface area contributed by atoms with Gasteiger partial charge in [0, 0.05) is 31.7 Å². The number of sulfone groups is 1. The van der Waals surface area contributed by atoms with Crippen molar-refractivity contribution in [2.45, 2.75) is 36.6 Å². The van der Waals surface area contributed by atoms with E-state index in [9.17, 15) is 26.0 Å². The van der Waals surface area contributed by atoms with Crippen molar-refractivity contribution in [2.24, 2.45) is 0 Å². The number of nitrogens with zero attached hydrogens (tertiary/aromatic N) is 6. The number of rotatable bonds is 6. The van der Waals surface area contributed by atoms with Crippen LogP contribution >= 0.6 is 0 Å². The van der Waals surface area contributed by atoms with E-state index < -0.39 is 27.4 Å².